The Morgan fingerprint density at radius 1 is 0.264 bits per heavy atom. The molecule has 1 nitrogen and oxygen atoms in total. The van der Waals surface area contributed by atoms with Gasteiger partial charge in [-0.3, -0.25) is 0 Å². The first kappa shape index (κ1) is 43.0. The Hall–Kier alpha value is -9.04. The molecule has 13 rings (SSSR count). The van der Waals surface area contributed by atoms with Crippen molar-refractivity contribution in [3.8, 4) is 66.8 Å². The number of anilines is 3. The van der Waals surface area contributed by atoms with Crippen LogP contribution in [0.2, 0.25) is 0 Å². The maximum atomic E-state index is 2.43. The lowest BCUT2D eigenvalue weighted by atomic mass is 9.80. The van der Waals surface area contributed by atoms with E-state index in [0.717, 1.165) is 29.9 Å². The van der Waals surface area contributed by atoms with Gasteiger partial charge in [-0.1, -0.05) is 237 Å². The Morgan fingerprint density at radius 2 is 0.708 bits per heavy atom. The van der Waals surface area contributed by atoms with Gasteiger partial charge < -0.3 is 4.90 Å². The molecular formula is C71H51N. The van der Waals surface area contributed by atoms with Crippen LogP contribution in [0.4, 0.5) is 17.1 Å². The van der Waals surface area contributed by atoms with E-state index in [1.165, 1.54) is 105 Å². The summed E-state index contributed by atoms with van der Waals surface area (Å²) in [5.41, 5.74) is 22.2. The summed E-state index contributed by atoms with van der Waals surface area (Å²) in [6.45, 7) is 0. The van der Waals surface area contributed by atoms with Crippen molar-refractivity contribution in [2.75, 3.05) is 4.90 Å². The molecular weight excluding hydrogens is 867 g/mol. The number of nitrogens with zero attached hydrogens (tertiary/aromatic N) is 1. The molecule has 0 N–H and O–H groups in total. The minimum absolute atomic E-state index is 0.218. The fourth-order valence-corrected chi connectivity index (χ4v) is 11.5. The van der Waals surface area contributed by atoms with Gasteiger partial charge in [-0.2, -0.15) is 0 Å². The molecule has 72 heavy (non-hydrogen) atoms. The quantitative estimate of drug-likeness (QED) is 0.130. The molecule has 0 bridgehead atoms. The maximum absolute atomic E-state index is 2.43. The highest BCUT2D eigenvalue weighted by Crippen LogP contribution is 2.48. The Bertz CT molecular complexity index is 3890. The second-order valence-electron chi connectivity index (χ2n) is 19.1. The standard InChI is InChI=1S/C71H51N/c1-3-17-49(18-4-1)51-31-33-54(34-32-51)71-48-59(44-46-69(71)66-29-15-14-28-65(66)68-45-39-53-21-7-9-23-60(53)62-25-11-13-27-64(62)68)72(57-40-35-52(36-41-57)50-19-5-2-6-20-50)58-42-37-55(38-43-58)70-47-56-22-8-10-24-61(56)63-26-12-16-30-67(63)70/h1-38,40-44,46-48,68H,39,45H2. The molecule has 1 aliphatic carbocycles. The van der Waals surface area contributed by atoms with Crippen molar-refractivity contribution in [3.05, 3.63) is 296 Å². The Labute approximate surface area is 422 Å². The Kier molecular flexibility index (Phi) is 11.2. The van der Waals surface area contributed by atoms with Crippen LogP contribution < -0.4 is 4.90 Å². The van der Waals surface area contributed by atoms with Crippen LogP contribution in [0.3, 0.4) is 0 Å². The lowest BCUT2D eigenvalue weighted by molar-refractivity contribution is 0.727. The fourth-order valence-electron chi connectivity index (χ4n) is 11.5. The largest absolute Gasteiger partial charge is 0.310 e. The first-order valence-electron chi connectivity index (χ1n) is 25.2. The summed E-state index contributed by atoms with van der Waals surface area (Å²) in [4.78, 5) is 2.42. The third-order valence-corrected chi connectivity index (χ3v) is 15.0. The zero-order chi connectivity index (χ0) is 47.8. The highest BCUT2D eigenvalue weighted by atomic mass is 15.1. The summed E-state index contributed by atoms with van der Waals surface area (Å²) >= 11 is 0. The van der Waals surface area contributed by atoms with E-state index in [1.807, 2.05) is 0 Å². The van der Waals surface area contributed by atoms with E-state index in [9.17, 15) is 0 Å². The molecule has 0 spiro atoms. The van der Waals surface area contributed by atoms with Gasteiger partial charge in [0.25, 0.3) is 0 Å². The summed E-state index contributed by atoms with van der Waals surface area (Å²) in [5.74, 6) is 0.218. The van der Waals surface area contributed by atoms with Gasteiger partial charge in [-0.05, 0) is 160 Å². The van der Waals surface area contributed by atoms with E-state index in [-0.39, 0.29) is 5.92 Å². The smallest absolute Gasteiger partial charge is 0.0468 e. The van der Waals surface area contributed by atoms with Gasteiger partial charge in [-0.25, -0.2) is 0 Å². The van der Waals surface area contributed by atoms with Crippen LogP contribution in [0.5, 0.6) is 0 Å². The summed E-state index contributed by atoms with van der Waals surface area (Å²) in [7, 11) is 0. The van der Waals surface area contributed by atoms with E-state index in [4.69, 9.17) is 0 Å². The van der Waals surface area contributed by atoms with Crippen LogP contribution in [0.25, 0.3) is 88.3 Å². The third kappa shape index (κ3) is 7.96. The molecule has 340 valence electrons. The van der Waals surface area contributed by atoms with Crippen LogP contribution >= 0.6 is 0 Å². The number of benzene rings is 12. The van der Waals surface area contributed by atoms with E-state index >= 15 is 0 Å². The number of aryl methyl sites for hydroxylation is 1. The SMILES string of the molecule is c1ccc(-c2ccc(-c3cc(N(c4ccc(-c5ccccc5)cc4)c4ccc(-c5cc6ccccc6c6ccccc56)cc4)ccc3-c3ccccc3C3CCc4ccccc4-c4ccccc43)cc2)cc1. The average molecular weight is 918 g/mol. The molecule has 0 fully saturated rings. The zero-order valence-electron chi connectivity index (χ0n) is 40.0. The van der Waals surface area contributed by atoms with Crippen molar-refractivity contribution in [2.45, 2.75) is 18.8 Å². The summed E-state index contributed by atoms with van der Waals surface area (Å²) in [6.07, 6.45) is 2.05. The van der Waals surface area contributed by atoms with Gasteiger partial charge in [0.05, 0.1) is 0 Å². The van der Waals surface area contributed by atoms with Crippen LogP contribution in [0.15, 0.2) is 279 Å². The van der Waals surface area contributed by atoms with Crippen molar-refractivity contribution < 1.29 is 0 Å². The summed E-state index contributed by atoms with van der Waals surface area (Å²) < 4.78 is 0. The number of fused-ring (bicyclic) bond motifs is 6. The van der Waals surface area contributed by atoms with Crippen molar-refractivity contribution >= 4 is 38.6 Å². The maximum Gasteiger partial charge on any atom is 0.0468 e. The number of hydrogen-bond acceptors (Lipinski definition) is 1. The van der Waals surface area contributed by atoms with Crippen LogP contribution in [-0.2, 0) is 6.42 Å². The summed E-state index contributed by atoms with van der Waals surface area (Å²) in [5, 5.41) is 5.05. The second-order valence-corrected chi connectivity index (χ2v) is 19.1. The van der Waals surface area contributed by atoms with Gasteiger partial charge in [0, 0.05) is 23.0 Å². The minimum Gasteiger partial charge on any atom is -0.310 e. The molecule has 0 amide bonds. The predicted octanol–water partition coefficient (Wildman–Crippen LogP) is 19.5. The fraction of sp³-hybridized carbons (Fsp3) is 0.0423. The van der Waals surface area contributed by atoms with Crippen molar-refractivity contribution in [1.82, 2.24) is 0 Å². The minimum atomic E-state index is 0.218. The van der Waals surface area contributed by atoms with Gasteiger partial charge in [0.15, 0.2) is 0 Å². The molecule has 0 saturated heterocycles. The van der Waals surface area contributed by atoms with Crippen LogP contribution in [0.1, 0.15) is 29.0 Å². The van der Waals surface area contributed by atoms with Crippen molar-refractivity contribution in [2.24, 2.45) is 0 Å². The van der Waals surface area contributed by atoms with Crippen molar-refractivity contribution in [3.63, 3.8) is 0 Å². The van der Waals surface area contributed by atoms with E-state index in [0.29, 0.717) is 0 Å². The molecule has 0 aromatic heterocycles. The molecule has 12 aromatic carbocycles. The molecule has 0 aliphatic heterocycles. The van der Waals surface area contributed by atoms with Crippen molar-refractivity contribution in [1.29, 1.82) is 0 Å². The van der Waals surface area contributed by atoms with E-state index in [2.05, 4.69) is 284 Å². The van der Waals surface area contributed by atoms with Gasteiger partial charge >= 0.3 is 0 Å². The molecule has 1 aliphatic rings. The molecule has 0 heterocycles. The lowest BCUT2D eigenvalue weighted by Gasteiger charge is -2.28. The molecule has 1 atom stereocenters. The van der Waals surface area contributed by atoms with E-state index in [1.54, 1.807) is 0 Å². The van der Waals surface area contributed by atoms with E-state index < -0.39 is 0 Å². The van der Waals surface area contributed by atoms with Gasteiger partial charge in [0.1, 0.15) is 0 Å². The Morgan fingerprint density at radius 3 is 1.36 bits per heavy atom. The third-order valence-electron chi connectivity index (χ3n) is 15.0. The van der Waals surface area contributed by atoms with Crippen LogP contribution in [0, 0.1) is 0 Å². The first-order valence-corrected chi connectivity index (χ1v) is 25.2. The van der Waals surface area contributed by atoms with Crippen LogP contribution in [-0.4, -0.2) is 0 Å². The normalized spacial score (nSPS) is 13.0. The average Bonchev–Trinajstić information content (AvgIpc) is 3.63. The molecule has 1 heteroatoms. The zero-order valence-corrected chi connectivity index (χ0v) is 40.0. The highest BCUT2D eigenvalue weighted by Gasteiger charge is 2.27. The Balaban J connectivity index is 0.977. The molecule has 12 aromatic rings. The van der Waals surface area contributed by atoms with Gasteiger partial charge in [0.2, 0.25) is 0 Å². The highest BCUT2D eigenvalue weighted by molar-refractivity contribution is 6.13. The predicted molar refractivity (Wildman–Crippen MR) is 305 cm³/mol. The first-order chi connectivity index (χ1) is 35.7. The number of rotatable bonds is 9. The second kappa shape index (κ2) is 18.7. The summed E-state index contributed by atoms with van der Waals surface area (Å²) in [6, 6.07) is 103. The monoisotopic (exact) mass is 917 g/mol. The number of hydrogen-bond donors (Lipinski definition) is 0. The molecule has 1 unspecified atom stereocenters. The topological polar surface area (TPSA) is 3.24 Å². The molecule has 0 saturated carbocycles. The molecule has 0 radical (unpaired) electrons. The lowest BCUT2D eigenvalue weighted by Crippen LogP contribution is -2.10. The van der Waals surface area contributed by atoms with Gasteiger partial charge in [-0.15, -0.1) is 0 Å².